The highest BCUT2D eigenvalue weighted by Crippen LogP contribution is 2.44. The number of amides is 2. The number of aliphatic hydroxyl groups is 1. The number of aromatic nitrogens is 5. The van der Waals surface area contributed by atoms with Crippen LogP contribution in [0.15, 0.2) is 76.9 Å². The van der Waals surface area contributed by atoms with Gasteiger partial charge in [0.05, 0.1) is 44.7 Å². The van der Waals surface area contributed by atoms with Crippen molar-refractivity contribution >= 4 is 50.6 Å². The number of aliphatic hydroxyl groups excluding tert-OH is 1. The molecule has 5 aliphatic rings. The summed E-state index contributed by atoms with van der Waals surface area (Å²) >= 11 is 1.58. The zero-order valence-corrected chi connectivity index (χ0v) is 44.9. The predicted molar refractivity (Wildman–Crippen MR) is 292 cm³/mol. The first-order chi connectivity index (χ1) is 37.7. The van der Waals surface area contributed by atoms with Crippen LogP contribution in [0.4, 0.5) is 14.6 Å². The van der Waals surface area contributed by atoms with E-state index in [1.165, 1.54) is 11.0 Å². The highest BCUT2D eigenvalue weighted by atomic mass is 32.1. The van der Waals surface area contributed by atoms with Crippen molar-refractivity contribution in [3.05, 3.63) is 107 Å². The number of thiazole rings is 1. The quantitative estimate of drug-likeness (QED) is 0.0831. The summed E-state index contributed by atoms with van der Waals surface area (Å²) < 4.78 is 51.2. The fourth-order valence-electron chi connectivity index (χ4n) is 12.9. The van der Waals surface area contributed by atoms with E-state index in [1.54, 1.807) is 41.8 Å². The van der Waals surface area contributed by atoms with E-state index in [9.17, 15) is 14.7 Å². The van der Waals surface area contributed by atoms with Crippen molar-refractivity contribution in [1.29, 1.82) is 0 Å². The summed E-state index contributed by atoms with van der Waals surface area (Å²) in [4.78, 5) is 54.3. The molecule has 5 saturated heterocycles. The van der Waals surface area contributed by atoms with Crippen LogP contribution in [0, 0.1) is 36.8 Å². The largest absolute Gasteiger partial charge is 0.474 e. The second-order valence-electron chi connectivity index (χ2n) is 22.1. The average Bonchev–Trinajstić information content (AvgIpc) is 4.41. The lowest BCUT2D eigenvalue weighted by Crippen LogP contribution is -2.51. The molecule has 9 heterocycles. The van der Waals surface area contributed by atoms with Crippen molar-refractivity contribution in [3.63, 3.8) is 0 Å². The third-order valence-corrected chi connectivity index (χ3v) is 17.8. The van der Waals surface area contributed by atoms with E-state index in [0.29, 0.717) is 53.0 Å². The van der Waals surface area contributed by atoms with E-state index in [2.05, 4.69) is 41.5 Å². The third kappa shape index (κ3) is 9.49. The number of fused-ring (bicyclic) bond motifs is 5. The summed E-state index contributed by atoms with van der Waals surface area (Å²) in [7, 11) is 0. The highest BCUT2D eigenvalue weighted by Gasteiger charge is 2.50. The monoisotopic (exact) mass is 1080 g/mol. The maximum atomic E-state index is 17.3. The lowest BCUT2D eigenvalue weighted by atomic mass is 9.91. The van der Waals surface area contributed by atoms with Gasteiger partial charge in [0, 0.05) is 67.4 Å². The molecule has 78 heavy (non-hydrogen) atoms. The fourth-order valence-corrected chi connectivity index (χ4v) is 13.8. The second-order valence-corrected chi connectivity index (χ2v) is 23.0. The maximum absolute atomic E-state index is 17.3. The Morgan fingerprint density at radius 2 is 1.82 bits per heavy atom. The Bertz CT molecular complexity index is 3460. The molecule has 5 aliphatic heterocycles. The van der Waals surface area contributed by atoms with Gasteiger partial charge in [0.2, 0.25) is 11.8 Å². The van der Waals surface area contributed by atoms with Gasteiger partial charge in [-0.15, -0.1) is 17.8 Å². The van der Waals surface area contributed by atoms with Gasteiger partial charge < -0.3 is 39.5 Å². The van der Waals surface area contributed by atoms with Crippen LogP contribution >= 0.6 is 11.3 Å². The van der Waals surface area contributed by atoms with Crippen LogP contribution < -0.4 is 25.0 Å². The second kappa shape index (κ2) is 20.9. The molecule has 3 N–H and O–H groups in total. The minimum Gasteiger partial charge on any atom is -0.474 e. The lowest BCUT2D eigenvalue weighted by Gasteiger charge is -2.35. The predicted octanol–water partition coefficient (Wildman–Crippen LogP) is 8.50. The Morgan fingerprint density at radius 1 is 1.01 bits per heavy atom. The first-order valence-electron chi connectivity index (χ1n) is 27.1. The number of rotatable bonds is 15. The number of pyridine rings is 1. The Hall–Kier alpha value is -7.11. The molecule has 5 fully saturated rings. The number of piperazine rings is 1. The third-order valence-electron chi connectivity index (χ3n) is 16.9. The smallest absolute Gasteiger partial charge is 0.319 e. The Kier molecular flexibility index (Phi) is 13.9. The molecule has 2 bridgehead atoms. The van der Waals surface area contributed by atoms with E-state index < -0.39 is 29.7 Å². The molecule has 404 valence electrons. The summed E-state index contributed by atoms with van der Waals surface area (Å²) in [5.74, 6) is 0.642. The number of aryl methyl sites for hydroxylation is 1. The summed E-state index contributed by atoms with van der Waals surface area (Å²) in [6, 6.07) is 17.3. The van der Waals surface area contributed by atoms with Crippen molar-refractivity contribution in [1.82, 2.24) is 45.5 Å². The molecule has 8 atom stereocenters. The van der Waals surface area contributed by atoms with E-state index in [4.69, 9.17) is 30.4 Å². The molecule has 19 heteroatoms. The van der Waals surface area contributed by atoms with Crippen LogP contribution in [-0.4, -0.2) is 127 Å². The lowest BCUT2D eigenvalue weighted by molar-refractivity contribution is -0.141. The Labute approximate surface area is 454 Å². The SMILES string of the molecule is C#Cc1c(F)ccc2cccc(-c3ncc4c(N5CC6CCC(C5)N6)nc(OC[C@]56CCCN5[C@H](COc5cc([C@@H](C(=O)N7C[C@H](O)C[C@H]7C(=O)N[C@@H](C)c7ccc(-c8scnc8C)cc7)C(C)C)on5)CC6)nc4c3F)c12. The molecule has 2 unspecified atom stereocenters. The minimum atomic E-state index is -0.873. The van der Waals surface area contributed by atoms with E-state index in [-0.39, 0.29) is 95.7 Å². The molecular formula is C59H62F2N10O6S. The maximum Gasteiger partial charge on any atom is 0.319 e. The van der Waals surface area contributed by atoms with Crippen molar-refractivity contribution in [3.8, 4) is 45.9 Å². The molecule has 7 aromatic rings. The van der Waals surface area contributed by atoms with Gasteiger partial charge in [0.1, 0.15) is 48.0 Å². The molecule has 0 spiro atoms. The van der Waals surface area contributed by atoms with Crippen LogP contribution in [0.25, 0.3) is 43.4 Å². The number of nitrogens with one attached hydrogen (secondary N) is 2. The van der Waals surface area contributed by atoms with Crippen LogP contribution in [0.2, 0.25) is 0 Å². The van der Waals surface area contributed by atoms with Gasteiger partial charge in [-0.1, -0.05) is 68.3 Å². The molecule has 16 nitrogen and oxygen atoms in total. The minimum absolute atomic E-state index is 0.00243. The average molecular weight is 1080 g/mol. The van der Waals surface area contributed by atoms with Gasteiger partial charge in [0.25, 0.3) is 5.88 Å². The van der Waals surface area contributed by atoms with Crippen molar-refractivity contribution < 1.29 is 37.5 Å². The highest BCUT2D eigenvalue weighted by molar-refractivity contribution is 7.13. The number of benzene rings is 3. The van der Waals surface area contributed by atoms with Gasteiger partial charge in [-0.05, 0) is 92.6 Å². The number of anilines is 1. The van der Waals surface area contributed by atoms with E-state index >= 15 is 8.78 Å². The van der Waals surface area contributed by atoms with Gasteiger partial charge >= 0.3 is 6.01 Å². The summed E-state index contributed by atoms with van der Waals surface area (Å²) in [6.07, 6.45) is 12.2. The number of nitrogens with zero attached hydrogens (tertiary/aromatic N) is 8. The first-order valence-corrected chi connectivity index (χ1v) is 28.0. The molecule has 0 saturated carbocycles. The molecular weight excluding hydrogens is 1010 g/mol. The number of likely N-dealkylation sites (tertiary alicyclic amines) is 1. The van der Waals surface area contributed by atoms with Crippen molar-refractivity contribution in [2.24, 2.45) is 5.92 Å². The summed E-state index contributed by atoms with van der Waals surface area (Å²) in [6.45, 7) is 10.5. The number of hydrogen-bond donors (Lipinski definition) is 3. The molecule has 3 aromatic carbocycles. The number of β-amino-alcohol motifs (C(OH)–C–C–N with tert-alkyl or cyclic N) is 1. The number of ether oxygens (including phenoxy) is 2. The molecule has 4 aromatic heterocycles. The number of halogens is 2. The Balaban J connectivity index is 0.731. The van der Waals surface area contributed by atoms with Gasteiger partial charge in [-0.2, -0.15) is 9.97 Å². The normalized spacial score (nSPS) is 23.8. The number of hydrogen-bond acceptors (Lipinski definition) is 15. The van der Waals surface area contributed by atoms with Gasteiger partial charge in [0.15, 0.2) is 11.6 Å². The zero-order chi connectivity index (χ0) is 54.0. The van der Waals surface area contributed by atoms with Gasteiger partial charge in [-0.25, -0.2) is 13.8 Å². The molecule has 0 aliphatic carbocycles. The van der Waals surface area contributed by atoms with E-state index in [1.807, 2.05) is 63.5 Å². The van der Waals surface area contributed by atoms with Crippen LogP contribution in [-0.2, 0) is 9.59 Å². The fraction of sp³-hybridized carbons (Fsp3) is 0.441. The van der Waals surface area contributed by atoms with E-state index in [0.717, 1.165) is 66.8 Å². The van der Waals surface area contributed by atoms with Crippen molar-refractivity contribution in [2.45, 2.75) is 120 Å². The molecule has 0 radical (unpaired) electrons. The number of carbonyl (C=O) groups is 2. The van der Waals surface area contributed by atoms with Crippen molar-refractivity contribution in [2.75, 3.05) is 44.3 Å². The first kappa shape index (κ1) is 51.6. The van der Waals surface area contributed by atoms with Crippen LogP contribution in [0.3, 0.4) is 0 Å². The zero-order valence-electron chi connectivity index (χ0n) is 44.0. The Morgan fingerprint density at radius 3 is 2.58 bits per heavy atom. The summed E-state index contributed by atoms with van der Waals surface area (Å²) in [5.41, 5.74) is 4.86. The molecule has 12 rings (SSSR count). The van der Waals surface area contributed by atoms with Gasteiger partial charge in [-0.3, -0.25) is 19.5 Å². The van der Waals surface area contributed by atoms with Crippen LogP contribution in [0.5, 0.6) is 11.9 Å². The molecule has 2 amide bonds. The topological polar surface area (TPSA) is 184 Å². The number of carbonyl (C=O) groups excluding carboxylic acids is 2. The van der Waals surface area contributed by atoms with Crippen LogP contribution in [0.1, 0.15) is 100 Å². The number of terminal acetylenes is 1. The standard InChI is InChI=1S/C59H62F2N10O6S/c1-6-42-45(60)18-15-36-9-7-10-43(50(36)42)52-51(61)53-44(25-62-52)55(69-26-38-16-17-39(27-69)65-38)67-58(66-53)76-30-59-20-8-22-71(59)40(19-21-59)29-75-48-24-47(77-68-48)49(32(2)3)57(74)70-28-41(72)23-46(70)56(73)64-33(4)35-11-13-37(14-12-35)54-34(5)63-31-78-54/h1,7,9-15,18,24-25,31-33,38-41,46,49,65,72H,8,16-17,19-23,26-30H2,2-5H3,(H,64,73)/t33-,38?,39?,40-,41+,46-,49-,59+/m0/s1. The summed E-state index contributed by atoms with van der Waals surface area (Å²) in [5, 5.41) is 23.4.